The molecule has 0 aromatic heterocycles. The molecule has 0 radical (unpaired) electrons. The molecular weight excluding hydrogens is 276 g/mol. The van der Waals surface area contributed by atoms with E-state index in [1.54, 1.807) is 24.3 Å². The van der Waals surface area contributed by atoms with E-state index in [1.807, 2.05) is 31.2 Å². The summed E-state index contributed by atoms with van der Waals surface area (Å²) in [5, 5.41) is 9.84. The first-order valence-electron chi connectivity index (χ1n) is 6.25. The van der Waals surface area contributed by atoms with Gasteiger partial charge in [0.2, 0.25) is 0 Å². The molecule has 0 unspecified atom stereocenters. The first-order valence-corrected chi connectivity index (χ1v) is 6.63. The Labute approximate surface area is 122 Å². The lowest BCUT2D eigenvalue weighted by atomic mass is 10.1. The largest absolute Gasteiger partial charge is 0.478 e. The van der Waals surface area contributed by atoms with Crippen molar-refractivity contribution in [2.45, 2.75) is 19.4 Å². The number of benzene rings is 2. The Morgan fingerprint density at radius 2 is 1.75 bits per heavy atom. The molecule has 1 atom stereocenters. The molecule has 2 aromatic rings. The maximum Gasteiger partial charge on any atom is 0.345 e. The summed E-state index contributed by atoms with van der Waals surface area (Å²) in [6.45, 7) is 1.99. The first kappa shape index (κ1) is 14.4. The third-order valence-corrected chi connectivity index (χ3v) is 3.16. The highest BCUT2D eigenvalue weighted by Crippen LogP contribution is 2.18. The van der Waals surface area contributed by atoms with Crippen LogP contribution in [0.25, 0.3) is 0 Å². The summed E-state index contributed by atoms with van der Waals surface area (Å²) in [7, 11) is 0. The SMILES string of the molecule is Cc1ccc(C[C@H](Oc2ccc(Cl)cc2)C(=O)O)cc1. The van der Waals surface area contributed by atoms with Crippen LogP contribution in [0, 0.1) is 6.92 Å². The van der Waals surface area contributed by atoms with E-state index < -0.39 is 12.1 Å². The molecule has 1 N–H and O–H groups in total. The minimum absolute atomic E-state index is 0.318. The van der Waals surface area contributed by atoms with Gasteiger partial charge < -0.3 is 9.84 Å². The highest BCUT2D eigenvalue weighted by atomic mass is 35.5. The lowest BCUT2D eigenvalue weighted by molar-refractivity contribution is -0.145. The zero-order valence-corrected chi connectivity index (χ0v) is 11.8. The molecule has 0 aliphatic heterocycles. The first-order chi connectivity index (χ1) is 9.54. The van der Waals surface area contributed by atoms with Crippen molar-refractivity contribution >= 4 is 17.6 Å². The Bertz CT molecular complexity index is 528. The standard InChI is InChI=1S/C16H15ClO3/c1-11-2-4-12(5-3-11)10-15(16(18)19)20-14-8-6-13(17)7-9-14/h2-9,15H,10H2,1H3,(H,18,19)/t15-/m0/s1. The average molecular weight is 291 g/mol. The fourth-order valence-electron chi connectivity index (χ4n) is 1.80. The van der Waals surface area contributed by atoms with Gasteiger partial charge in [-0.3, -0.25) is 0 Å². The lowest BCUT2D eigenvalue weighted by Gasteiger charge is -2.15. The predicted molar refractivity (Wildman–Crippen MR) is 78.4 cm³/mol. The maximum atomic E-state index is 11.3. The molecule has 20 heavy (non-hydrogen) atoms. The molecule has 0 aliphatic rings. The summed E-state index contributed by atoms with van der Waals surface area (Å²) >= 11 is 5.78. The van der Waals surface area contributed by atoms with Gasteiger partial charge in [0.15, 0.2) is 6.10 Å². The molecule has 104 valence electrons. The van der Waals surface area contributed by atoms with E-state index in [0.717, 1.165) is 11.1 Å². The monoisotopic (exact) mass is 290 g/mol. The Balaban J connectivity index is 2.09. The van der Waals surface area contributed by atoms with Crippen molar-refractivity contribution in [3.05, 3.63) is 64.7 Å². The highest BCUT2D eigenvalue weighted by Gasteiger charge is 2.20. The molecule has 0 aliphatic carbocycles. The van der Waals surface area contributed by atoms with Gasteiger partial charge in [-0.05, 0) is 36.8 Å². The second kappa shape index (κ2) is 6.44. The Morgan fingerprint density at radius 3 is 2.30 bits per heavy atom. The Kier molecular flexibility index (Phi) is 4.64. The fraction of sp³-hybridized carbons (Fsp3) is 0.188. The van der Waals surface area contributed by atoms with Crippen LogP contribution in [0.5, 0.6) is 5.75 Å². The molecule has 3 nitrogen and oxygen atoms in total. The normalized spacial score (nSPS) is 11.9. The number of hydrogen-bond donors (Lipinski definition) is 1. The van der Waals surface area contributed by atoms with Crippen LogP contribution in [-0.4, -0.2) is 17.2 Å². The van der Waals surface area contributed by atoms with Crippen LogP contribution in [0.3, 0.4) is 0 Å². The predicted octanol–water partition coefficient (Wildman–Crippen LogP) is 3.72. The van der Waals surface area contributed by atoms with Crippen LogP contribution in [0.4, 0.5) is 0 Å². The molecule has 0 bridgehead atoms. The maximum absolute atomic E-state index is 11.3. The summed E-state index contributed by atoms with van der Waals surface area (Å²) < 4.78 is 5.51. The number of aryl methyl sites for hydroxylation is 1. The van der Waals surface area contributed by atoms with Gasteiger partial charge in [0, 0.05) is 11.4 Å². The Hall–Kier alpha value is -2.00. The van der Waals surface area contributed by atoms with Crippen molar-refractivity contribution < 1.29 is 14.6 Å². The number of rotatable bonds is 5. The van der Waals surface area contributed by atoms with E-state index >= 15 is 0 Å². The molecular formula is C16H15ClO3. The number of hydrogen-bond acceptors (Lipinski definition) is 2. The summed E-state index contributed by atoms with van der Waals surface area (Å²) in [6, 6.07) is 14.4. The number of carbonyl (C=O) groups is 1. The lowest BCUT2D eigenvalue weighted by Crippen LogP contribution is -2.29. The third-order valence-electron chi connectivity index (χ3n) is 2.91. The molecule has 0 heterocycles. The molecule has 0 amide bonds. The van der Waals surface area contributed by atoms with E-state index in [4.69, 9.17) is 16.3 Å². The van der Waals surface area contributed by atoms with Crippen molar-refractivity contribution in [1.82, 2.24) is 0 Å². The van der Waals surface area contributed by atoms with Gasteiger partial charge in [-0.25, -0.2) is 4.79 Å². The molecule has 0 saturated heterocycles. The topological polar surface area (TPSA) is 46.5 Å². The van der Waals surface area contributed by atoms with E-state index in [9.17, 15) is 9.90 Å². The summed E-state index contributed by atoms with van der Waals surface area (Å²) in [4.78, 5) is 11.3. The van der Waals surface area contributed by atoms with E-state index in [2.05, 4.69) is 0 Å². The molecule has 2 aromatic carbocycles. The van der Waals surface area contributed by atoms with E-state index in [-0.39, 0.29) is 0 Å². The second-order valence-electron chi connectivity index (χ2n) is 4.59. The van der Waals surface area contributed by atoms with Gasteiger partial charge in [-0.1, -0.05) is 41.4 Å². The van der Waals surface area contributed by atoms with Crippen molar-refractivity contribution in [3.8, 4) is 5.75 Å². The van der Waals surface area contributed by atoms with E-state index in [0.29, 0.717) is 17.2 Å². The fourth-order valence-corrected chi connectivity index (χ4v) is 1.92. The average Bonchev–Trinajstić information content (AvgIpc) is 2.42. The number of carboxylic acid groups (broad SMARTS) is 1. The number of ether oxygens (including phenoxy) is 1. The van der Waals surface area contributed by atoms with Crippen molar-refractivity contribution in [2.24, 2.45) is 0 Å². The summed E-state index contributed by atoms with van der Waals surface area (Å²) in [6.07, 6.45) is -0.600. The zero-order chi connectivity index (χ0) is 14.5. The highest BCUT2D eigenvalue weighted by molar-refractivity contribution is 6.30. The number of halogens is 1. The summed E-state index contributed by atoms with van der Waals surface area (Å²) in [5.41, 5.74) is 2.07. The van der Waals surface area contributed by atoms with Gasteiger partial charge in [0.05, 0.1) is 0 Å². The van der Waals surface area contributed by atoms with Gasteiger partial charge in [0.1, 0.15) is 5.75 Å². The quantitative estimate of drug-likeness (QED) is 0.913. The van der Waals surface area contributed by atoms with Crippen LogP contribution in [0.1, 0.15) is 11.1 Å². The second-order valence-corrected chi connectivity index (χ2v) is 5.02. The van der Waals surface area contributed by atoms with Crippen LogP contribution in [0.2, 0.25) is 5.02 Å². The van der Waals surface area contributed by atoms with Gasteiger partial charge in [0.25, 0.3) is 0 Å². The minimum Gasteiger partial charge on any atom is -0.478 e. The molecule has 0 fully saturated rings. The molecule has 0 saturated carbocycles. The number of carboxylic acids is 1. The minimum atomic E-state index is -0.986. The van der Waals surface area contributed by atoms with Gasteiger partial charge >= 0.3 is 5.97 Å². The Morgan fingerprint density at radius 1 is 1.15 bits per heavy atom. The molecule has 2 rings (SSSR count). The molecule has 4 heteroatoms. The zero-order valence-electron chi connectivity index (χ0n) is 11.0. The van der Waals surface area contributed by atoms with Crippen molar-refractivity contribution in [2.75, 3.05) is 0 Å². The van der Waals surface area contributed by atoms with Crippen LogP contribution < -0.4 is 4.74 Å². The smallest absolute Gasteiger partial charge is 0.345 e. The van der Waals surface area contributed by atoms with Crippen LogP contribution >= 0.6 is 11.6 Å². The van der Waals surface area contributed by atoms with Crippen LogP contribution in [0.15, 0.2) is 48.5 Å². The summed E-state index contributed by atoms with van der Waals surface area (Å²) in [5.74, 6) is -0.491. The van der Waals surface area contributed by atoms with Crippen LogP contribution in [-0.2, 0) is 11.2 Å². The third kappa shape index (κ3) is 4.00. The van der Waals surface area contributed by atoms with Crippen molar-refractivity contribution in [3.63, 3.8) is 0 Å². The molecule has 0 spiro atoms. The van der Waals surface area contributed by atoms with Crippen molar-refractivity contribution in [1.29, 1.82) is 0 Å². The van der Waals surface area contributed by atoms with E-state index in [1.165, 1.54) is 0 Å². The van der Waals surface area contributed by atoms with Gasteiger partial charge in [-0.2, -0.15) is 0 Å². The number of aliphatic carboxylic acids is 1. The van der Waals surface area contributed by atoms with Gasteiger partial charge in [-0.15, -0.1) is 0 Å².